The first-order valence-corrected chi connectivity index (χ1v) is 8.22. The molecule has 4 heteroatoms. The first-order valence-electron chi connectivity index (χ1n) is 8.22. The first-order chi connectivity index (χ1) is 10.7. The zero-order chi connectivity index (χ0) is 15.8. The van der Waals surface area contributed by atoms with Crippen molar-refractivity contribution in [3.8, 4) is 0 Å². The van der Waals surface area contributed by atoms with Crippen molar-refractivity contribution < 1.29 is 14.3 Å². The Bertz CT molecular complexity index is 490. The van der Waals surface area contributed by atoms with Crippen LogP contribution in [0.25, 0.3) is 0 Å². The molecule has 120 valence electrons. The minimum Gasteiger partial charge on any atom is -0.378 e. The zero-order valence-electron chi connectivity index (χ0n) is 13.3. The molecule has 1 amide bonds. The molecule has 0 N–H and O–H groups in total. The van der Waals surface area contributed by atoms with Crippen molar-refractivity contribution >= 4 is 11.7 Å². The number of unbranched alkanes of at least 4 members (excludes halogenated alkanes) is 3. The van der Waals surface area contributed by atoms with Crippen molar-refractivity contribution in [1.82, 2.24) is 4.90 Å². The molecule has 2 rings (SSSR count). The van der Waals surface area contributed by atoms with Crippen LogP contribution in [-0.4, -0.2) is 42.9 Å². The summed E-state index contributed by atoms with van der Waals surface area (Å²) in [5, 5.41) is 0. The summed E-state index contributed by atoms with van der Waals surface area (Å²) in [7, 11) is 0. The molecule has 1 aliphatic rings. The van der Waals surface area contributed by atoms with E-state index in [0.717, 1.165) is 12.8 Å². The number of hydrogen-bond donors (Lipinski definition) is 0. The van der Waals surface area contributed by atoms with Crippen LogP contribution in [0.3, 0.4) is 0 Å². The van der Waals surface area contributed by atoms with Crippen LogP contribution in [0.5, 0.6) is 0 Å². The van der Waals surface area contributed by atoms with Gasteiger partial charge in [0, 0.05) is 30.6 Å². The first kappa shape index (κ1) is 16.7. The molecule has 0 radical (unpaired) electrons. The van der Waals surface area contributed by atoms with Crippen LogP contribution < -0.4 is 0 Å². The van der Waals surface area contributed by atoms with E-state index < -0.39 is 0 Å². The molecular formula is C18H25NO3. The average molecular weight is 303 g/mol. The highest BCUT2D eigenvalue weighted by Crippen LogP contribution is 2.13. The van der Waals surface area contributed by atoms with Gasteiger partial charge in [-0.05, 0) is 18.6 Å². The van der Waals surface area contributed by atoms with E-state index in [1.807, 2.05) is 0 Å². The highest BCUT2D eigenvalue weighted by molar-refractivity contribution is 5.98. The molecule has 1 aromatic carbocycles. The SMILES string of the molecule is CCCCCCC(=O)c1ccc(C(=O)N2CCOCC2)cc1. The second-order valence-electron chi connectivity index (χ2n) is 5.72. The number of Topliss-reactive ketones (excluding diaryl/α,β-unsaturated/α-hetero) is 1. The van der Waals surface area contributed by atoms with Crippen molar-refractivity contribution in [2.75, 3.05) is 26.3 Å². The lowest BCUT2D eigenvalue weighted by Gasteiger charge is -2.26. The molecule has 1 heterocycles. The maximum atomic E-state index is 12.3. The average Bonchev–Trinajstić information content (AvgIpc) is 2.59. The van der Waals surface area contributed by atoms with Gasteiger partial charge in [0.1, 0.15) is 0 Å². The standard InChI is InChI=1S/C18H25NO3/c1-2-3-4-5-6-17(20)15-7-9-16(10-8-15)18(21)19-11-13-22-14-12-19/h7-10H,2-6,11-14H2,1H3. The maximum absolute atomic E-state index is 12.3. The Morgan fingerprint density at radius 2 is 1.64 bits per heavy atom. The maximum Gasteiger partial charge on any atom is 0.254 e. The van der Waals surface area contributed by atoms with Crippen LogP contribution in [0, 0.1) is 0 Å². The molecule has 0 spiro atoms. The summed E-state index contributed by atoms with van der Waals surface area (Å²) in [5.41, 5.74) is 1.35. The number of amides is 1. The van der Waals surface area contributed by atoms with E-state index in [0.29, 0.717) is 43.9 Å². The second kappa shape index (κ2) is 8.69. The Hall–Kier alpha value is -1.68. The van der Waals surface area contributed by atoms with Gasteiger partial charge >= 0.3 is 0 Å². The van der Waals surface area contributed by atoms with E-state index in [9.17, 15) is 9.59 Å². The second-order valence-corrected chi connectivity index (χ2v) is 5.72. The summed E-state index contributed by atoms with van der Waals surface area (Å²) >= 11 is 0. The van der Waals surface area contributed by atoms with Gasteiger partial charge in [0.25, 0.3) is 5.91 Å². The zero-order valence-corrected chi connectivity index (χ0v) is 13.3. The number of ether oxygens (including phenoxy) is 1. The normalized spacial score (nSPS) is 14.9. The lowest BCUT2D eigenvalue weighted by atomic mass is 10.0. The predicted molar refractivity (Wildman–Crippen MR) is 86.3 cm³/mol. The molecule has 0 saturated carbocycles. The van der Waals surface area contributed by atoms with E-state index in [2.05, 4.69) is 6.92 Å². The minimum atomic E-state index is 0.0187. The van der Waals surface area contributed by atoms with Gasteiger partial charge in [-0.25, -0.2) is 0 Å². The summed E-state index contributed by atoms with van der Waals surface area (Å²) in [4.78, 5) is 26.2. The van der Waals surface area contributed by atoms with E-state index in [4.69, 9.17) is 4.74 Å². The van der Waals surface area contributed by atoms with Gasteiger partial charge in [-0.3, -0.25) is 9.59 Å². The van der Waals surface area contributed by atoms with E-state index in [-0.39, 0.29) is 11.7 Å². The molecule has 22 heavy (non-hydrogen) atoms. The number of carbonyl (C=O) groups is 2. The fraction of sp³-hybridized carbons (Fsp3) is 0.556. The molecule has 0 unspecified atom stereocenters. The lowest BCUT2D eigenvalue weighted by molar-refractivity contribution is 0.0303. The molecular weight excluding hydrogens is 278 g/mol. The van der Waals surface area contributed by atoms with Crippen LogP contribution >= 0.6 is 0 Å². The van der Waals surface area contributed by atoms with Crippen molar-refractivity contribution in [3.63, 3.8) is 0 Å². The van der Waals surface area contributed by atoms with Crippen molar-refractivity contribution in [3.05, 3.63) is 35.4 Å². The number of nitrogens with zero attached hydrogens (tertiary/aromatic N) is 1. The third kappa shape index (κ3) is 4.67. The molecule has 1 fully saturated rings. The Labute approximate surface area is 132 Å². The molecule has 0 aromatic heterocycles. The molecule has 1 aliphatic heterocycles. The number of morpholine rings is 1. The van der Waals surface area contributed by atoms with E-state index >= 15 is 0 Å². The van der Waals surface area contributed by atoms with Gasteiger partial charge in [-0.2, -0.15) is 0 Å². The van der Waals surface area contributed by atoms with Crippen molar-refractivity contribution in [2.45, 2.75) is 39.0 Å². The topological polar surface area (TPSA) is 46.6 Å². The molecule has 0 bridgehead atoms. The van der Waals surface area contributed by atoms with Crippen LogP contribution in [0.1, 0.15) is 59.7 Å². The highest BCUT2D eigenvalue weighted by atomic mass is 16.5. The van der Waals surface area contributed by atoms with Gasteiger partial charge in [0.05, 0.1) is 13.2 Å². The lowest BCUT2D eigenvalue weighted by Crippen LogP contribution is -2.40. The minimum absolute atomic E-state index is 0.0187. The van der Waals surface area contributed by atoms with Crippen molar-refractivity contribution in [2.24, 2.45) is 0 Å². The monoisotopic (exact) mass is 303 g/mol. The van der Waals surface area contributed by atoms with Crippen LogP contribution in [0.4, 0.5) is 0 Å². The quantitative estimate of drug-likeness (QED) is 0.573. The van der Waals surface area contributed by atoms with E-state index in [1.165, 1.54) is 12.8 Å². The summed E-state index contributed by atoms with van der Waals surface area (Å²) in [6.45, 7) is 4.63. The summed E-state index contributed by atoms with van der Waals surface area (Å²) in [6, 6.07) is 7.07. The summed E-state index contributed by atoms with van der Waals surface area (Å²) in [5.74, 6) is 0.187. The predicted octanol–water partition coefficient (Wildman–Crippen LogP) is 3.31. The number of ketones is 1. The van der Waals surface area contributed by atoms with Gasteiger partial charge in [0.15, 0.2) is 5.78 Å². The molecule has 4 nitrogen and oxygen atoms in total. The third-order valence-electron chi connectivity index (χ3n) is 4.01. The molecule has 1 saturated heterocycles. The Morgan fingerprint density at radius 1 is 1.00 bits per heavy atom. The summed E-state index contributed by atoms with van der Waals surface area (Å²) in [6.07, 6.45) is 5.00. The largest absolute Gasteiger partial charge is 0.378 e. The Kier molecular flexibility index (Phi) is 6.59. The van der Waals surface area contributed by atoms with Gasteiger partial charge in [-0.15, -0.1) is 0 Å². The highest BCUT2D eigenvalue weighted by Gasteiger charge is 2.18. The number of hydrogen-bond acceptors (Lipinski definition) is 3. The molecule has 0 atom stereocenters. The molecule has 1 aromatic rings. The number of carbonyl (C=O) groups excluding carboxylic acids is 2. The summed E-state index contributed by atoms with van der Waals surface area (Å²) < 4.78 is 5.25. The van der Waals surface area contributed by atoms with Gasteiger partial charge < -0.3 is 9.64 Å². The van der Waals surface area contributed by atoms with E-state index in [1.54, 1.807) is 29.2 Å². The van der Waals surface area contributed by atoms with Gasteiger partial charge in [0.2, 0.25) is 0 Å². The van der Waals surface area contributed by atoms with Crippen LogP contribution in [-0.2, 0) is 4.74 Å². The Balaban J connectivity index is 1.89. The fourth-order valence-electron chi connectivity index (χ4n) is 2.60. The fourth-order valence-corrected chi connectivity index (χ4v) is 2.60. The van der Waals surface area contributed by atoms with Crippen LogP contribution in [0.15, 0.2) is 24.3 Å². The number of rotatable bonds is 7. The van der Waals surface area contributed by atoms with Crippen LogP contribution in [0.2, 0.25) is 0 Å². The van der Waals surface area contributed by atoms with Crippen molar-refractivity contribution in [1.29, 1.82) is 0 Å². The molecule has 0 aliphatic carbocycles. The third-order valence-corrected chi connectivity index (χ3v) is 4.01. The number of benzene rings is 1. The van der Waals surface area contributed by atoms with Gasteiger partial charge in [-0.1, -0.05) is 38.3 Å². The smallest absolute Gasteiger partial charge is 0.254 e. The Morgan fingerprint density at radius 3 is 2.27 bits per heavy atom.